The molecular weight excluding hydrogens is 608 g/mol. The second-order valence-corrected chi connectivity index (χ2v) is 14.6. The molecule has 5 aromatic carbocycles. The molecule has 0 heterocycles. The molecule has 2 nitrogen and oxygen atoms in total. The van der Waals surface area contributed by atoms with Crippen LogP contribution in [-0.2, 0) is 0 Å². The maximum atomic E-state index is 13.9. The van der Waals surface area contributed by atoms with E-state index in [2.05, 4.69) is 41.7 Å². The van der Waals surface area contributed by atoms with Gasteiger partial charge in [-0.05, 0) is 79.7 Å². The second-order valence-electron chi connectivity index (χ2n) is 9.18. The molecule has 0 saturated heterocycles. The third kappa shape index (κ3) is 6.89. The Kier molecular flexibility index (Phi) is 10.7. The van der Waals surface area contributed by atoms with Crippen molar-refractivity contribution >= 4 is 64.0 Å². The van der Waals surface area contributed by atoms with Crippen molar-refractivity contribution in [3.63, 3.8) is 0 Å². The minimum absolute atomic E-state index is 0. The molecule has 0 bridgehead atoms. The summed E-state index contributed by atoms with van der Waals surface area (Å²) in [4.78, 5) is 14.8. The first kappa shape index (κ1) is 30.9. The van der Waals surface area contributed by atoms with Crippen LogP contribution >= 0.6 is 42.2 Å². The average molecular weight is 635 g/mol. The standard InChI is InChI=1S/C34H26Cl2NOPS.ClH/c1-25-17-19-26(20-18-25)33(38)37-34(32(36)40-31-23-21-27(35)22-24-31)39(28-11-5-2-6-12-28,29-13-7-3-8-14-29)30-15-9-4-10-16-30;/h2-24H,1H3;1H/b34-32-;. The largest absolute Gasteiger partial charge is 1.00 e. The van der Waals surface area contributed by atoms with E-state index in [0.29, 0.717) is 20.4 Å². The fourth-order valence-electron chi connectivity index (χ4n) is 4.59. The molecule has 41 heavy (non-hydrogen) atoms. The van der Waals surface area contributed by atoms with Crippen molar-refractivity contribution < 1.29 is 17.2 Å². The highest BCUT2D eigenvalue weighted by Gasteiger charge is 2.52. The van der Waals surface area contributed by atoms with Gasteiger partial charge in [-0.2, -0.15) is 0 Å². The van der Waals surface area contributed by atoms with E-state index in [1.165, 1.54) is 11.8 Å². The molecule has 0 radical (unpaired) electrons. The summed E-state index contributed by atoms with van der Waals surface area (Å²) in [6.07, 6.45) is 0. The van der Waals surface area contributed by atoms with E-state index in [4.69, 9.17) is 23.2 Å². The van der Waals surface area contributed by atoms with E-state index in [1.54, 1.807) is 0 Å². The van der Waals surface area contributed by atoms with Crippen molar-refractivity contribution in [1.29, 1.82) is 0 Å². The fraction of sp³-hybridized carbons (Fsp3) is 0.0294. The molecule has 0 aliphatic carbocycles. The second kappa shape index (κ2) is 14.2. The Balaban J connectivity index is 0.00000387. The molecule has 0 aliphatic heterocycles. The molecule has 0 saturated carbocycles. The molecule has 206 valence electrons. The number of carbonyl (C=O) groups excluding carboxylic acids is 1. The molecule has 0 aliphatic rings. The number of hydrogen-bond donors (Lipinski definition) is 1. The first-order chi connectivity index (χ1) is 19.5. The first-order valence-electron chi connectivity index (χ1n) is 12.8. The monoisotopic (exact) mass is 633 g/mol. The van der Waals surface area contributed by atoms with E-state index in [0.717, 1.165) is 26.4 Å². The van der Waals surface area contributed by atoms with Crippen molar-refractivity contribution in [3.05, 3.63) is 165 Å². The van der Waals surface area contributed by atoms with Gasteiger partial charge in [0.1, 0.15) is 20.3 Å². The Hall–Kier alpha value is -3.04. The van der Waals surface area contributed by atoms with Crippen LogP contribution in [0.25, 0.3) is 0 Å². The maximum Gasteiger partial charge on any atom is 0.258 e. The predicted octanol–water partition coefficient (Wildman–Crippen LogP) is 5.53. The first-order valence-corrected chi connectivity index (χ1v) is 16.1. The van der Waals surface area contributed by atoms with Gasteiger partial charge in [0, 0.05) is 15.5 Å². The van der Waals surface area contributed by atoms with Crippen LogP contribution in [0.1, 0.15) is 15.9 Å². The Morgan fingerprint density at radius 3 is 1.54 bits per heavy atom. The molecule has 0 spiro atoms. The Morgan fingerprint density at radius 2 is 1.10 bits per heavy atom. The summed E-state index contributed by atoms with van der Waals surface area (Å²) in [5, 5.41) is 7.24. The van der Waals surface area contributed by atoms with Gasteiger partial charge in [-0.25, -0.2) is 0 Å². The van der Waals surface area contributed by atoms with Gasteiger partial charge in [0.2, 0.25) is 5.44 Å². The number of nitrogens with one attached hydrogen (secondary N) is 1. The number of hydrogen-bond acceptors (Lipinski definition) is 2. The highest BCUT2D eigenvalue weighted by molar-refractivity contribution is 8.06. The van der Waals surface area contributed by atoms with Crippen LogP contribution in [-0.4, -0.2) is 5.91 Å². The van der Waals surface area contributed by atoms with Gasteiger partial charge >= 0.3 is 0 Å². The summed E-state index contributed by atoms with van der Waals surface area (Å²) >= 11 is 14.9. The lowest BCUT2D eigenvalue weighted by molar-refractivity contribution is -0.0000158. The zero-order chi connectivity index (χ0) is 28.0. The zero-order valence-electron chi connectivity index (χ0n) is 22.2. The van der Waals surface area contributed by atoms with E-state index in [9.17, 15) is 4.79 Å². The molecule has 5 aromatic rings. The number of thioether (sulfide) groups is 1. The quantitative estimate of drug-likeness (QED) is 0.180. The van der Waals surface area contributed by atoms with Crippen molar-refractivity contribution in [2.75, 3.05) is 0 Å². The summed E-state index contributed by atoms with van der Waals surface area (Å²) in [5.74, 6) is -0.211. The van der Waals surface area contributed by atoms with Crippen molar-refractivity contribution in [3.8, 4) is 0 Å². The highest BCUT2D eigenvalue weighted by atomic mass is 35.5. The molecule has 0 aromatic heterocycles. The molecule has 7 heteroatoms. The van der Waals surface area contributed by atoms with Crippen LogP contribution in [0, 0.1) is 6.92 Å². The smallest absolute Gasteiger partial charge is 0.258 e. The van der Waals surface area contributed by atoms with Crippen LogP contribution in [0.3, 0.4) is 0 Å². The third-order valence-corrected chi connectivity index (χ3v) is 12.6. The van der Waals surface area contributed by atoms with Crippen molar-refractivity contribution in [1.82, 2.24) is 5.32 Å². The Bertz CT molecular complexity index is 1520. The van der Waals surface area contributed by atoms with E-state index in [1.807, 2.05) is 110 Å². The average Bonchev–Trinajstić information content (AvgIpc) is 3.00. The van der Waals surface area contributed by atoms with Gasteiger partial charge in [-0.3, -0.25) is 10.1 Å². The van der Waals surface area contributed by atoms with Crippen LogP contribution in [0.15, 0.2) is 154 Å². The number of benzene rings is 5. The fourth-order valence-corrected chi connectivity index (χ4v) is 10.6. The molecule has 0 fully saturated rings. The molecule has 0 atom stereocenters. The highest BCUT2D eigenvalue weighted by Crippen LogP contribution is 2.64. The minimum Gasteiger partial charge on any atom is -1.00 e. The van der Waals surface area contributed by atoms with Gasteiger partial charge in [0.15, 0.2) is 7.26 Å². The molecule has 5 rings (SSSR count). The number of rotatable bonds is 8. The molecular formula is C34H27Cl3NOPS. The lowest BCUT2D eigenvalue weighted by Crippen LogP contribution is -3.00. The maximum absolute atomic E-state index is 13.9. The van der Waals surface area contributed by atoms with Gasteiger partial charge in [0.05, 0.1) is 0 Å². The van der Waals surface area contributed by atoms with E-state index in [-0.39, 0.29) is 18.3 Å². The summed E-state index contributed by atoms with van der Waals surface area (Å²) < 4.78 is 0.493. The Morgan fingerprint density at radius 1 is 0.659 bits per heavy atom. The summed E-state index contributed by atoms with van der Waals surface area (Å²) in [6.45, 7) is 2.00. The van der Waals surface area contributed by atoms with E-state index < -0.39 is 7.26 Å². The lowest BCUT2D eigenvalue weighted by atomic mass is 10.1. The number of amides is 1. The van der Waals surface area contributed by atoms with Gasteiger partial charge in [-0.1, -0.05) is 107 Å². The third-order valence-electron chi connectivity index (χ3n) is 6.52. The summed E-state index contributed by atoms with van der Waals surface area (Å²) in [5.41, 5.74) is 2.34. The zero-order valence-corrected chi connectivity index (χ0v) is 26.2. The molecule has 1 N–H and O–H groups in total. The number of halogens is 3. The number of aryl methyl sites for hydroxylation is 1. The topological polar surface area (TPSA) is 29.1 Å². The van der Waals surface area contributed by atoms with Crippen molar-refractivity contribution in [2.24, 2.45) is 0 Å². The lowest BCUT2D eigenvalue weighted by Gasteiger charge is -2.30. The minimum atomic E-state index is -2.68. The van der Waals surface area contributed by atoms with Crippen LogP contribution in [0.5, 0.6) is 0 Å². The van der Waals surface area contributed by atoms with Crippen molar-refractivity contribution in [2.45, 2.75) is 11.8 Å². The van der Waals surface area contributed by atoms with Crippen LogP contribution in [0.4, 0.5) is 0 Å². The summed E-state index contributed by atoms with van der Waals surface area (Å²) in [6, 6.07) is 46.1. The van der Waals surface area contributed by atoms with Gasteiger partial charge in [-0.15, -0.1) is 0 Å². The Labute approximate surface area is 262 Å². The van der Waals surface area contributed by atoms with E-state index >= 15 is 0 Å². The van der Waals surface area contributed by atoms with Crippen LogP contribution < -0.4 is 33.6 Å². The summed E-state index contributed by atoms with van der Waals surface area (Å²) in [7, 11) is -2.68. The molecule has 1 amide bonds. The normalized spacial score (nSPS) is 11.7. The van der Waals surface area contributed by atoms with Crippen LogP contribution in [0.2, 0.25) is 5.02 Å². The van der Waals surface area contributed by atoms with Gasteiger partial charge in [0.25, 0.3) is 5.91 Å². The van der Waals surface area contributed by atoms with Gasteiger partial charge < -0.3 is 12.4 Å². The number of carbonyl (C=O) groups is 1. The SMILES string of the molecule is Cc1ccc(C(=O)N/C(=C(\Cl)Sc2ccc(Cl)cc2)[P+](c2ccccc2)(c2ccccc2)c2ccccc2)cc1.[Cl-]. The molecule has 0 unspecified atom stereocenters. The predicted molar refractivity (Wildman–Crippen MR) is 174 cm³/mol.